The van der Waals surface area contributed by atoms with E-state index in [1.165, 1.54) is 4.68 Å². The molecule has 1 aliphatic rings. The van der Waals surface area contributed by atoms with Crippen LogP contribution in [0.5, 0.6) is 0 Å². The number of guanidine groups is 1. The minimum atomic E-state index is -0.989. The number of carbonyl (C=O) groups excluding carboxylic acids is 1. The van der Waals surface area contributed by atoms with E-state index in [1.54, 1.807) is 30.5 Å². The minimum Gasteiger partial charge on any atom is -0.481 e. The van der Waals surface area contributed by atoms with E-state index in [1.807, 2.05) is 11.0 Å². The van der Waals surface area contributed by atoms with Gasteiger partial charge in [0.05, 0.1) is 24.4 Å². The van der Waals surface area contributed by atoms with Gasteiger partial charge in [0, 0.05) is 32.7 Å². The summed E-state index contributed by atoms with van der Waals surface area (Å²) < 4.78 is 1.44. The largest absolute Gasteiger partial charge is 0.481 e. The van der Waals surface area contributed by atoms with Gasteiger partial charge in [0.1, 0.15) is 6.54 Å². The maximum Gasteiger partial charge on any atom is 0.305 e. The monoisotopic (exact) mass is 450 g/mol. The second kappa shape index (κ2) is 11.3. The Labute approximate surface area is 186 Å². The number of nitrogens with one attached hydrogen (secondary N) is 2. The molecule has 1 amide bonds. The lowest BCUT2D eigenvalue weighted by Crippen LogP contribution is -2.50. The number of hydrogen-bond donors (Lipinski definition) is 4. The van der Waals surface area contributed by atoms with Crippen molar-refractivity contribution in [2.24, 2.45) is 5.73 Å². The van der Waals surface area contributed by atoms with Gasteiger partial charge >= 0.3 is 5.97 Å². The van der Waals surface area contributed by atoms with Gasteiger partial charge in [-0.1, -0.05) is 35.5 Å². The molecule has 3 rings (SSSR count). The van der Waals surface area contributed by atoms with E-state index in [9.17, 15) is 9.59 Å². The molecule has 1 aromatic carbocycles. The topological polar surface area (TPSA) is 153 Å². The predicted molar refractivity (Wildman–Crippen MR) is 116 cm³/mol. The average molecular weight is 451 g/mol. The van der Waals surface area contributed by atoms with Crippen LogP contribution in [0.25, 0.3) is 0 Å². The summed E-state index contributed by atoms with van der Waals surface area (Å²) in [4.78, 5) is 27.6. The molecule has 1 atom stereocenters. The van der Waals surface area contributed by atoms with Crippen LogP contribution in [0, 0.1) is 5.41 Å². The maximum absolute atomic E-state index is 12.4. The lowest BCUT2D eigenvalue weighted by atomic mass is 10.0. The molecule has 1 aromatic heterocycles. The molecule has 5 N–H and O–H groups in total. The molecule has 31 heavy (non-hydrogen) atoms. The van der Waals surface area contributed by atoms with Crippen molar-refractivity contribution in [1.29, 1.82) is 5.41 Å². The second-order valence-corrected chi connectivity index (χ2v) is 7.18. The van der Waals surface area contributed by atoms with Crippen LogP contribution in [0.15, 0.2) is 36.5 Å². The third kappa shape index (κ3) is 7.23. The fourth-order valence-electron chi connectivity index (χ4n) is 3.36. The van der Waals surface area contributed by atoms with Crippen molar-refractivity contribution in [3.8, 4) is 0 Å². The van der Waals surface area contributed by atoms with Crippen molar-refractivity contribution in [2.45, 2.75) is 25.6 Å². The van der Waals surface area contributed by atoms with Crippen molar-refractivity contribution in [3.63, 3.8) is 0 Å². The van der Waals surface area contributed by atoms with Gasteiger partial charge in [0.15, 0.2) is 5.96 Å². The molecule has 2 aromatic rings. The molecule has 1 aliphatic heterocycles. The number of piperazine rings is 1. The number of carboxylic acid groups (broad SMARTS) is 1. The molecule has 0 bridgehead atoms. The van der Waals surface area contributed by atoms with E-state index in [2.05, 4.69) is 20.5 Å². The van der Waals surface area contributed by atoms with Crippen LogP contribution >= 0.6 is 12.4 Å². The first kappa shape index (κ1) is 24.1. The standard InChI is InChI=1S/C19H26N8O3.ClH/c20-19(21)26-8-6-25(7-9-26)11-15-12-27(24-23-15)13-17(28)22-16(10-18(29)30)14-4-2-1-3-5-14;/h1-5,12,16H,6-11,13H2,(H3,20,21)(H,22,28)(H,29,30);1H/t16-;/m0./s1. The second-order valence-electron chi connectivity index (χ2n) is 7.18. The highest BCUT2D eigenvalue weighted by Crippen LogP contribution is 2.16. The zero-order chi connectivity index (χ0) is 21.5. The van der Waals surface area contributed by atoms with Gasteiger partial charge in [-0.05, 0) is 5.56 Å². The molecule has 1 fully saturated rings. The van der Waals surface area contributed by atoms with Gasteiger partial charge in [-0.3, -0.25) is 19.9 Å². The number of amides is 1. The number of halogens is 1. The van der Waals surface area contributed by atoms with Gasteiger partial charge in [0.2, 0.25) is 5.91 Å². The zero-order valence-corrected chi connectivity index (χ0v) is 17.8. The van der Waals surface area contributed by atoms with Crippen molar-refractivity contribution in [3.05, 3.63) is 47.8 Å². The Balaban J connectivity index is 0.00000341. The minimum absolute atomic E-state index is 0. The first-order chi connectivity index (χ1) is 14.4. The number of nitrogens with two attached hydrogens (primary N) is 1. The summed E-state index contributed by atoms with van der Waals surface area (Å²) in [5.41, 5.74) is 6.98. The van der Waals surface area contributed by atoms with Crippen LogP contribution in [-0.2, 0) is 22.7 Å². The highest BCUT2D eigenvalue weighted by Gasteiger charge is 2.20. The molecular formula is C19H27ClN8O3. The Morgan fingerprint density at radius 2 is 1.87 bits per heavy atom. The van der Waals surface area contributed by atoms with Gasteiger partial charge in [-0.15, -0.1) is 17.5 Å². The zero-order valence-electron chi connectivity index (χ0n) is 17.0. The molecule has 0 unspecified atom stereocenters. The maximum atomic E-state index is 12.4. The number of benzene rings is 1. The van der Waals surface area contributed by atoms with E-state index < -0.39 is 12.0 Å². The number of rotatable bonds is 8. The molecule has 1 saturated heterocycles. The summed E-state index contributed by atoms with van der Waals surface area (Å²) in [6.45, 7) is 3.46. The highest BCUT2D eigenvalue weighted by molar-refractivity contribution is 5.85. The van der Waals surface area contributed by atoms with Crippen molar-refractivity contribution < 1.29 is 14.7 Å². The highest BCUT2D eigenvalue weighted by atomic mass is 35.5. The molecular weight excluding hydrogens is 424 g/mol. The Morgan fingerprint density at radius 1 is 1.19 bits per heavy atom. The van der Waals surface area contributed by atoms with E-state index in [0.717, 1.165) is 24.3 Å². The van der Waals surface area contributed by atoms with E-state index >= 15 is 0 Å². The van der Waals surface area contributed by atoms with Gasteiger partial charge < -0.3 is 21.1 Å². The van der Waals surface area contributed by atoms with E-state index in [4.69, 9.17) is 16.2 Å². The SMILES string of the molecule is Cl.N=C(N)N1CCN(Cc2cn(CC(=O)N[C@@H](CC(=O)O)c3ccccc3)nn2)CC1. The van der Waals surface area contributed by atoms with Crippen molar-refractivity contribution in [2.75, 3.05) is 26.2 Å². The van der Waals surface area contributed by atoms with E-state index in [0.29, 0.717) is 19.6 Å². The Kier molecular flexibility index (Phi) is 8.76. The van der Waals surface area contributed by atoms with Crippen LogP contribution in [-0.4, -0.2) is 73.9 Å². The predicted octanol–water partition coefficient (Wildman–Crippen LogP) is 0.0432. The summed E-state index contributed by atoms with van der Waals surface area (Å²) in [7, 11) is 0. The molecule has 168 valence electrons. The fourth-order valence-corrected chi connectivity index (χ4v) is 3.36. The Morgan fingerprint density at radius 3 is 2.48 bits per heavy atom. The first-order valence-corrected chi connectivity index (χ1v) is 9.67. The number of carbonyl (C=O) groups is 2. The Hall–Kier alpha value is -3.18. The van der Waals surface area contributed by atoms with E-state index in [-0.39, 0.29) is 37.2 Å². The molecule has 2 heterocycles. The molecule has 0 spiro atoms. The summed E-state index contributed by atoms with van der Waals surface area (Å²) >= 11 is 0. The number of nitrogens with zero attached hydrogens (tertiary/aromatic N) is 5. The summed E-state index contributed by atoms with van der Waals surface area (Å²) in [6.07, 6.45) is 1.51. The van der Waals surface area contributed by atoms with Gasteiger partial charge in [-0.2, -0.15) is 0 Å². The van der Waals surface area contributed by atoms with Crippen molar-refractivity contribution in [1.82, 2.24) is 30.1 Å². The normalized spacial score (nSPS) is 15.0. The number of aliphatic carboxylic acids is 1. The van der Waals surface area contributed by atoms with Crippen LogP contribution in [0.2, 0.25) is 0 Å². The van der Waals surface area contributed by atoms with Crippen LogP contribution < -0.4 is 11.1 Å². The summed E-state index contributed by atoms with van der Waals surface area (Å²) in [6, 6.07) is 8.39. The number of aromatic nitrogens is 3. The molecule has 0 radical (unpaired) electrons. The quantitative estimate of drug-likeness (QED) is 0.325. The Bertz CT molecular complexity index is 883. The third-order valence-corrected chi connectivity index (χ3v) is 4.91. The lowest BCUT2D eigenvalue weighted by Gasteiger charge is -2.34. The molecule has 12 heteroatoms. The molecule has 0 aliphatic carbocycles. The molecule has 11 nitrogen and oxygen atoms in total. The van der Waals surface area contributed by atoms with Gasteiger partial charge in [0.25, 0.3) is 0 Å². The van der Waals surface area contributed by atoms with Crippen LogP contribution in [0.4, 0.5) is 0 Å². The fraction of sp³-hybridized carbons (Fsp3) is 0.421. The van der Waals surface area contributed by atoms with Gasteiger partial charge in [-0.25, -0.2) is 4.68 Å². The van der Waals surface area contributed by atoms with Crippen molar-refractivity contribution >= 4 is 30.2 Å². The average Bonchev–Trinajstić information content (AvgIpc) is 3.14. The lowest BCUT2D eigenvalue weighted by molar-refractivity contribution is -0.137. The summed E-state index contributed by atoms with van der Waals surface area (Å²) in [5.74, 6) is -1.24. The van der Waals surface area contributed by atoms with Crippen LogP contribution in [0.3, 0.4) is 0 Å². The molecule has 0 saturated carbocycles. The first-order valence-electron chi connectivity index (χ1n) is 9.67. The summed E-state index contributed by atoms with van der Waals surface area (Å²) in [5, 5.41) is 27.5. The number of hydrogen-bond acceptors (Lipinski definition) is 6. The smallest absolute Gasteiger partial charge is 0.305 e. The third-order valence-electron chi connectivity index (χ3n) is 4.91. The van der Waals surface area contributed by atoms with Crippen LogP contribution in [0.1, 0.15) is 23.7 Å². The number of carboxylic acids is 1.